The Labute approximate surface area is 113 Å². The zero-order valence-electron chi connectivity index (χ0n) is 11.6. The second-order valence-corrected chi connectivity index (χ2v) is 4.59. The van der Waals surface area contributed by atoms with Crippen LogP contribution in [-0.4, -0.2) is 44.7 Å². The first-order chi connectivity index (χ1) is 9.17. The van der Waals surface area contributed by atoms with Gasteiger partial charge in [0, 0.05) is 13.7 Å². The lowest BCUT2D eigenvalue weighted by atomic mass is 10.1. The summed E-state index contributed by atoms with van der Waals surface area (Å²) in [4.78, 5) is 13.7. The van der Waals surface area contributed by atoms with Crippen molar-refractivity contribution in [2.24, 2.45) is 0 Å². The highest BCUT2D eigenvalue weighted by Gasteiger charge is 2.31. The Morgan fingerprint density at radius 2 is 2.21 bits per heavy atom. The van der Waals surface area contributed by atoms with Gasteiger partial charge in [0.1, 0.15) is 11.9 Å². The molecule has 2 rings (SSSR count). The fourth-order valence-corrected chi connectivity index (χ4v) is 2.35. The molecule has 1 aromatic rings. The van der Waals surface area contributed by atoms with E-state index in [0.29, 0.717) is 19.7 Å². The minimum Gasteiger partial charge on any atom is -0.496 e. The van der Waals surface area contributed by atoms with Gasteiger partial charge < -0.3 is 14.4 Å². The van der Waals surface area contributed by atoms with Gasteiger partial charge in [0.25, 0.3) is 0 Å². The third kappa shape index (κ3) is 2.88. The van der Waals surface area contributed by atoms with Crippen molar-refractivity contribution in [2.75, 3.05) is 33.9 Å². The van der Waals surface area contributed by atoms with E-state index in [9.17, 15) is 4.79 Å². The number of hydrogen-bond acceptors (Lipinski definition) is 4. The molecule has 0 bridgehead atoms. The normalized spacial score (nSPS) is 19.0. The lowest BCUT2D eigenvalue weighted by Crippen LogP contribution is -2.33. The molecule has 0 radical (unpaired) electrons. The average molecular weight is 264 g/mol. The van der Waals surface area contributed by atoms with E-state index < -0.39 is 0 Å². The molecule has 1 aromatic carbocycles. The Hall–Kier alpha value is -1.59. The van der Waals surface area contributed by atoms with Gasteiger partial charge in [0.05, 0.1) is 20.3 Å². The lowest BCUT2D eigenvalue weighted by molar-refractivity contribution is -0.128. The van der Waals surface area contributed by atoms with Gasteiger partial charge >= 0.3 is 0 Å². The SMILES string of the molecule is COCCN1C(=O)CNC1c1ccc(OC)c(C)c1. The fourth-order valence-electron chi connectivity index (χ4n) is 2.35. The summed E-state index contributed by atoms with van der Waals surface area (Å²) in [5.41, 5.74) is 2.13. The van der Waals surface area contributed by atoms with Crippen LogP contribution in [0, 0.1) is 6.92 Å². The first-order valence-corrected chi connectivity index (χ1v) is 6.33. The van der Waals surface area contributed by atoms with Crippen LogP contribution in [0.5, 0.6) is 5.75 Å². The zero-order valence-corrected chi connectivity index (χ0v) is 11.6. The van der Waals surface area contributed by atoms with Crippen molar-refractivity contribution in [3.63, 3.8) is 0 Å². The lowest BCUT2D eigenvalue weighted by Gasteiger charge is -2.25. The Kier molecular flexibility index (Phi) is 4.39. The van der Waals surface area contributed by atoms with Gasteiger partial charge in [0.15, 0.2) is 0 Å². The molecule has 1 unspecified atom stereocenters. The molecule has 1 heterocycles. The average Bonchev–Trinajstić information content (AvgIpc) is 2.77. The molecule has 1 fully saturated rings. The van der Waals surface area contributed by atoms with Gasteiger partial charge in [-0.3, -0.25) is 10.1 Å². The smallest absolute Gasteiger partial charge is 0.238 e. The number of carbonyl (C=O) groups is 1. The minimum atomic E-state index is -0.0766. The van der Waals surface area contributed by atoms with Crippen LogP contribution in [0.1, 0.15) is 17.3 Å². The van der Waals surface area contributed by atoms with Crippen molar-refractivity contribution < 1.29 is 14.3 Å². The molecule has 0 aromatic heterocycles. The van der Waals surface area contributed by atoms with Gasteiger partial charge in [-0.1, -0.05) is 6.07 Å². The molecule has 0 aliphatic carbocycles. The van der Waals surface area contributed by atoms with Crippen molar-refractivity contribution >= 4 is 5.91 Å². The number of ether oxygens (including phenoxy) is 2. The highest BCUT2D eigenvalue weighted by molar-refractivity contribution is 5.81. The monoisotopic (exact) mass is 264 g/mol. The van der Waals surface area contributed by atoms with Crippen LogP contribution in [0.2, 0.25) is 0 Å². The molecule has 5 heteroatoms. The van der Waals surface area contributed by atoms with Gasteiger partial charge in [0.2, 0.25) is 5.91 Å². The number of benzene rings is 1. The Bertz CT molecular complexity index is 462. The van der Waals surface area contributed by atoms with Gasteiger partial charge in [-0.05, 0) is 30.2 Å². The fraction of sp³-hybridized carbons (Fsp3) is 0.500. The maximum absolute atomic E-state index is 11.9. The third-order valence-electron chi connectivity index (χ3n) is 3.35. The summed E-state index contributed by atoms with van der Waals surface area (Å²) in [6.45, 7) is 3.51. The van der Waals surface area contributed by atoms with E-state index in [1.54, 1.807) is 14.2 Å². The van der Waals surface area contributed by atoms with E-state index >= 15 is 0 Å². The van der Waals surface area contributed by atoms with E-state index in [1.807, 2.05) is 24.0 Å². The first-order valence-electron chi connectivity index (χ1n) is 6.33. The van der Waals surface area contributed by atoms with E-state index in [-0.39, 0.29) is 12.1 Å². The summed E-state index contributed by atoms with van der Waals surface area (Å²) in [6.07, 6.45) is -0.0766. The molecule has 1 aliphatic rings. The molecule has 1 saturated heterocycles. The van der Waals surface area contributed by atoms with Crippen molar-refractivity contribution in [1.82, 2.24) is 10.2 Å². The van der Waals surface area contributed by atoms with Crippen LogP contribution >= 0.6 is 0 Å². The largest absolute Gasteiger partial charge is 0.496 e. The van der Waals surface area contributed by atoms with Gasteiger partial charge in [-0.25, -0.2) is 0 Å². The number of carbonyl (C=O) groups excluding carboxylic acids is 1. The summed E-state index contributed by atoms with van der Waals surface area (Å²) in [5, 5.41) is 3.23. The van der Waals surface area contributed by atoms with Crippen LogP contribution in [0.15, 0.2) is 18.2 Å². The molecule has 0 saturated carbocycles. The molecule has 19 heavy (non-hydrogen) atoms. The Morgan fingerprint density at radius 3 is 2.84 bits per heavy atom. The van der Waals surface area contributed by atoms with Crippen molar-refractivity contribution in [3.05, 3.63) is 29.3 Å². The maximum Gasteiger partial charge on any atom is 0.238 e. The van der Waals surface area contributed by atoms with Crippen LogP contribution in [0.3, 0.4) is 0 Å². The van der Waals surface area contributed by atoms with Crippen LogP contribution in [0.25, 0.3) is 0 Å². The number of hydrogen-bond donors (Lipinski definition) is 1. The van der Waals surface area contributed by atoms with Crippen LogP contribution < -0.4 is 10.1 Å². The predicted octanol–water partition coefficient (Wildman–Crippen LogP) is 1.08. The molecule has 1 N–H and O–H groups in total. The first kappa shape index (κ1) is 13.8. The molecule has 1 amide bonds. The maximum atomic E-state index is 11.9. The summed E-state index contributed by atoms with van der Waals surface area (Å²) < 4.78 is 10.3. The Balaban J connectivity index is 2.19. The topological polar surface area (TPSA) is 50.8 Å². The minimum absolute atomic E-state index is 0.0766. The highest BCUT2D eigenvalue weighted by Crippen LogP contribution is 2.26. The molecule has 1 aliphatic heterocycles. The number of aryl methyl sites for hydroxylation is 1. The predicted molar refractivity (Wildman–Crippen MR) is 72.1 cm³/mol. The third-order valence-corrected chi connectivity index (χ3v) is 3.35. The summed E-state index contributed by atoms with van der Waals surface area (Å²) in [7, 11) is 3.30. The van der Waals surface area contributed by atoms with Crippen molar-refractivity contribution in [1.29, 1.82) is 0 Å². The number of nitrogens with zero attached hydrogens (tertiary/aromatic N) is 1. The molecule has 104 valence electrons. The van der Waals surface area contributed by atoms with Crippen molar-refractivity contribution in [2.45, 2.75) is 13.1 Å². The van der Waals surface area contributed by atoms with Gasteiger partial charge in [-0.2, -0.15) is 0 Å². The van der Waals surface area contributed by atoms with E-state index in [4.69, 9.17) is 9.47 Å². The van der Waals surface area contributed by atoms with Crippen LogP contribution in [-0.2, 0) is 9.53 Å². The molecule has 5 nitrogen and oxygen atoms in total. The number of amides is 1. The quantitative estimate of drug-likeness (QED) is 0.864. The highest BCUT2D eigenvalue weighted by atomic mass is 16.5. The number of methoxy groups -OCH3 is 2. The van der Waals surface area contributed by atoms with Gasteiger partial charge in [-0.15, -0.1) is 0 Å². The second-order valence-electron chi connectivity index (χ2n) is 4.59. The van der Waals surface area contributed by atoms with Crippen molar-refractivity contribution in [3.8, 4) is 5.75 Å². The zero-order chi connectivity index (χ0) is 13.8. The summed E-state index contributed by atoms with van der Waals surface area (Å²) in [5.74, 6) is 0.965. The number of rotatable bonds is 5. The molecular weight excluding hydrogens is 244 g/mol. The molecule has 1 atom stereocenters. The molecular formula is C14H20N2O3. The standard InChI is InChI=1S/C14H20N2O3/c1-10-8-11(4-5-12(10)19-3)14-15-9-13(17)16(14)6-7-18-2/h4-5,8,14-15H,6-7,9H2,1-3H3. The summed E-state index contributed by atoms with van der Waals surface area (Å²) in [6, 6.07) is 5.97. The summed E-state index contributed by atoms with van der Waals surface area (Å²) >= 11 is 0. The second kappa shape index (κ2) is 6.04. The van der Waals surface area contributed by atoms with E-state index in [0.717, 1.165) is 16.9 Å². The van der Waals surface area contributed by atoms with E-state index in [1.165, 1.54) is 0 Å². The van der Waals surface area contributed by atoms with Crippen LogP contribution in [0.4, 0.5) is 0 Å². The Morgan fingerprint density at radius 1 is 1.42 bits per heavy atom. The number of nitrogens with one attached hydrogen (secondary N) is 1. The molecule has 0 spiro atoms. The van der Waals surface area contributed by atoms with E-state index in [2.05, 4.69) is 11.4 Å².